The van der Waals surface area contributed by atoms with E-state index in [2.05, 4.69) is 15.5 Å². The first-order valence-corrected chi connectivity index (χ1v) is 6.57. The van der Waals surface area contributed by atoms with E-state index in [4.69, 9.17) is 4.42 Å². The number of anilines is 1. The van der Waals surface area contributed by atoms with E-state index in [-0.39, 0.29) is 5.76 Å². The fourth-order valence-corrected chi connectivity index (χ4v) is 2.02. The minimum absolute atomic E-state index is 0.136. The van der Waals surface area contributed by atoms with Crippen molar-refractivity contribution in [2.75, 3.05) is 5.32 Å². The molecule has 9 nitrogen and oxygen atoms in total. The number of aromatic nitrogens is 3. The third kappa shape index (κ3) is 2.93. The Morgan fingerprint density at radius 1 is 1.35 bits per heavy atom. The van der Waals surface area contributed by atoms with Gasteiger partial charge in [0.15, 0.2) is 5.76 Å². The molecule has 0 bridgehead atoms. The summed E-state index contributed by atoms with van der Waals surface area (Å²) in [5.74, 6) is -0.488. The van der Waals surface area contributed by atoms with Gasteiger partial charge in [-0.1, -0.05) is 6.07 Å². The van der Waals surface area contributed by atoms with Gasteiger partial charge in [0, 0.05) is 5.69 Å². The summed E-state index contributed by atoms with van der Waals surface area (Å²) in [7, 11) is 0. The molecule has 23 heavy (non-hydrogen) atoms. The lowest BCUT2D eigenvalue weighted by Crippen LogP contribution is -2.11. The number of nitrogens with one attached hydrogen (secondary N) is 1. The van der Waals surface area contributed by atoms with E-state index in [1.165, 1.54) is 6.07 Å². The fraction of sp³-hybridized carbons (Fsp3) is 0.0714. The van der Waals surface area contributed by atoms with Crippen LogP contribution in [0, 0.1) is 17.0 Å². The predicted molar refractivity (Wildman–Crippen MR) is 79.4 cm³/mol. The van der Waals surface area contributed by atoms with Gasteiger partial charge in [-0.15, -0.1) is 10.2 Å². The lowest BCUT2D eigenvalue weighted by atomic mass is 10.2. The second-order valence-corrected chi connectivity index (χ2v) is 4.65. The normalized spacial score (nSPS) is 10.5. The summed E-state index contributed by atoms with van der Waals surface area (Å²) in [5.41, 5.74) is 1.29. The molecule has 0 fully saturated rings. The van der Waals surface area contributed by atoms with Gasteiger partial charge in [-0.3, -0.25) is 19.5 Å². The Hall–Kier alpha value is -3.49. The van der Waals surface area contributed by atoms with Crippen LogP contribution in [0.5, 0.6) is 0 Å². The van der Waals surface area contributed by atoms with Crippen molar-refractivity contribution in [1.29, 1.82) is 0 Å². The zero-order valence-corrected chi connectivity index (χ0v) is 12.0. The highest BCUT2D eigenvalue weighted by Gasteiger charge is 2.17. The Labute approximate surface area is 129 Å². The smallest absolute Gasteiger partial charge is 0.395 e. The van der Waals surface area contributed by atoms with Crippen molar-refractivity contribution in [1.82, 2.24) is 14.8 Å². The first kappa shape index (κ1) is 14.4. The second-order valence-electron chi connectivity index (χ2n) is 4.65. The van der Waals surface area contributed by atoms with Crippen molar-refractivity contribution >= 4 is 17.5 Å². The molecule has 0 aliphatic carbocycles. The monoisotopic (exact) mass is 313 g/mol. The van der Waals surface area contributed by atoms with Gasteiger partial charge >= 0.3 is 5.88 Å². The molecule has 3 aromatic rings. The molecule has 0 radical (unpaired) electrons. The minimum atomic E-state index is -0.702. The number of nitro groups is 1. The molecule has 0 saturated heterocycles. The number of hydrogen-bond acceptors (Lipinski definition) is 6. The first-order valence-electron chi connectivity index (χ1n) is 6.57. The number of carbonyl (C=O) groups is 1. The third-order valence-corrected chi connectivity index (χ3v) is 3.10. The summed E-state index contributed by atoms with van der Waals surface area (Å²) in [5, 5.41) is 20.9. The molecule has 0 unspecified atom stereocenters. The number of aryl methyl sites for hydroxylation is 1. The average Bonchev–Trinajstić information content (AvgIpc) is 3.16. The maximum Gasteiger partial charge on any atom is 0.433 e. The van der Waals surface area contributed by atoms with Gasteiger partial charge in [-0.25, -0.2) is 0 Å². The molecular weight excluding hydrogens is 302 g/mol. The van der Waals surface area contributed by atoms with Crippen molar-refractivity contribution in [2.24, 2.45) is 0 Å². The molecule has 2 aromatic heterocycles. The van der Waals surface area contributed by atoms with Crippen LogP contribution >= 0.6 is 0 Å². The van der Waals surface area contributed by atoms with Crippen molar-refractivity contribution in [3.8, 4) is 5.69 Å². The van der Waals surface area contributed by atoms with Gasteiger partial charge < -0.3 is 9.73 Å². The molecule has 0 aliphatic rings. The lowest BCUT2D eigenvalue weighted by molar-refractivity contribution is -0.402. The summed E-state index contributed by atoms with van der Waals surface area (Å²) in [6.07, 6.45) is 1.56. The molecule has 1 N–H and O–H groups in total. The number of hydrogen-bond donors (Lipinski definition) is 1. The van der Waals surface area contributed by atoms with E-state index in [1.807, 2.05) is 6.07 Å². The molecule has 0 aliphatic heterocycles. The van der Waals surface area contributed by atoms with Crippen molar-refractivity contribution < 1.29 is 14.1 Å². The van der Waals surface area contributed by atoms with Gasteiger partial charge in [0.05, 0.1) is 11.8 Å². The van der Waals surface area contributed by atoms with Crippen LogP contribution in [-0.2, 0) is 0 Å². The van der Waals surface area contributed by atoms with Crippen LogP contribution in [0.25, 0.3) is 5.69 Å². The van der Waals surface area contributed by atoms with Crippen LogP contribution in [0.1, 0.15) is 16.4 Å². The van der Waals surface area contributed by atoms with Gasteiger partial charge in [0.1, 0.15) is 17.1 Å². The van der Waals surface area contributed by atoms with Crippen LogP contribution < -0.4 is 5.32 Å². The largest absolute Gasteiger partial charge is 0.433 e. The first-order chi connectivity index (χ1) is 11.0. The number of rotatable bonds is 4. The molecule has 0 spiro atoms. The quantitative estimate of drug-likeness (QED) is 0.583. The Morgan fingerprint density at radius 2 is 2.17 bits per heavy atom. The zero-order chi connectivity index (χ0) is 16.4. The van der Waals surface area contributed by atoms with Crippen LogP contribution in [-0.4, -0.2) is 25.6 Å². The fourth-order valence-electron chi connectivity index (χ4n) is 2.02. The van der Waals surface area contributed by atoms with Gasteiger partial charge in [-0.05, 0) is 31.2 Å². The minimum Gasteiger partial charge on any atom is -0.395 e. The standard InChI is InChI=1S/C14H11N5O4/c1-9-17-15-8-18(9)11-4-2-3-10(7-11)16-14(20)12-5-6-13(23-12)19(21)22/h2-8H,1H3,(H,16,20). The molecule has 3 rings (SSSR count). The van der Waals surface area contributed by atoms with Crippen LogP contribution in [0.4, 0.5) is 11.6 Å². The number of furan rings is 1. The highest BCUT2D eigenvalue weighted by atomic mass is 16.6. The van der Waals surface area contributed by atoms with Crippen LogP contribution in [0.2, 0.25) is 0 Å². The predicted octanol–water partition coefficient (Wildman–Crippen LogP) is 2.33. The molecule has 2 heterocycles. The Bertz CT molecular complexity index is 883. The number of nitrogens with zero attached hydrogens (tertiary/aromatic N) is 4. The second kappa shape index (κ2) is 5.72. The lowest BCUT2D eigenvalue weighted by Gasteiger charge is -2.07. The SMILES string of the molecule is Cc1nncn1-c1cccc(NC(=O)c2ccc([N+](=O)[O-])o2)c1. The van der Waals surface area contributed by atoms with E-state index in [1.54, 1.807) is 36.0 Å². The summed E-state index contributed by atoms with van der Waals surface area (Å²) < 4.78 is 6.62. The number of amides is 1. The summed E-state index contributed by atoms with van der Waals surface area (Å²) in [4.78, 5) is 21.9. The van der Waals surface area contributed by atoms with E-state index in [9.17, 15) is 14.9 Å². The Kier molecular flexibility index (Phi) is 3.59. The molecule has 0 atom stereocenters. The van der Waals surface area contributed by atoms with Crippen molar-refractivity contribution in [2.45, 2.75) is 6.92 Å². The van der Waals surface area contributed by atoms with Crippen molar-refractivity contribution in [3.63, 3.8) is 0 Å². The Balaban J connectivity index is 1.81. The topological polar surface area (TPSA) is 116 Å². The summed E-state index contributed by atoms with van der Waals surface area (Å²) >= 11 is 0. The molecule has 1 amide bonds. The van der Waals surface area contributed by atoms with E-state index in [0.29, 0.717) is 11.5 Å². The van der Waals surface area contributed by atoms with Crippen LogP contribution in [0.15, 0.2) is 47.1 Å². The molecule has 9 heteroatoms. The number of carbonyl (C=O) groups excluding carboxylic acids is 1. The van der Waals surface area contributed by atoms with E-state index in [0.717, 1.165) is 11.8 Å². The molecular formula is C14H11N5O4. The summed E-state index contributed by atoms with van der Waals surface area (Å²) in [6, 6.07) is 9.40. The van der Waals surface area contributed by atoms with Gasteiger partial charge in [0.2, 0.25) is 0 Å². The third-order valence-electron chi connectivity index (χ3n) is 3.10. The zero-order valence-electron chi connectivity index (χ0n) is 12.0. The highest BCUT2D eigenvalue weighted by molar-refractivity contribution is 6.02. The van der Waals surface area contributed by atoms with E-state index >= 15 is 0 Å². The maximum atomic E-state index is 12.1. The molecule has 116 valence electrons. The highest BCUT2D eigenvalue weighted by Crippen LogP contribution is 2.19. The van der Waals surface area contributed by atoms with Crippen molar-refractivity contribution in [3.05, 3.63) is 64.4 Å². The average molecular weight is 313 g/mol. The molecule has 0 saturated carbocycles. The van der Waals surface area contributed by atoms with Crippen LogP contribution in [0.3, 0.4) is 0 Å². The number of benzene rings is 1. The Morgan fingerprint density at radius 3 is 2.83 bits per heavy atom. The summed E-state index contributed by atoms with van der Waals surface area (Å²) in [6.45, 7) is 1.81. The van der Waals surface area contributed by atoms with E-state index < -0.39 is 16.7 Å². The molecule has 1 aromatic carbocycles. The maximum absolute atomic E-state index is 12.1. The van der Waals surface area contributed by atoms with Gasteiger partial charge in [0.25, 0.3) is 5.91 Å². The van der Waals surface area contributed by atoms with Gasteiger partial charge in [-0.2, -0.15) is 0 Å².